The van der Waals surface area contributed by atoms with Gasteiger partial charge in [0.2, 0.25) is 0 Å². The fraction of sp³-hybridized carbons (Fsp3) is 0.0690. The summed E-state index contributed by atoms with van der Waals surface area (Å²) in [6, 6.07) is 33.2. The van der Waals surface area contributed by atoms with E-state index in [9.17, 15) is 9.59 Å². The standard InChI is InChI=1S/C29H25N3O3/c1-22-11-8-9-18-27(22)32(29(34)24-13-4-2-5-14-24)21-28(33)31-30-20-23-12-10-17-26(19-23)35-25-15-6-3-7-16-25/h2-20H,21H2,1H3,(H,31,33)/b30-20+. The summed E-state index contributed by atoms with van der Waals surface area (Å²) in [5, 5.41) is 4.07. The van der Waals surface area contributed by atoms with Gasteiger partial charge < -0.3 is 4.74 Å². The van der Waals surface area contributed by atoms with E-state index in [4.69, 9.17) is 4.74 Å². The molecule has 4 aromatic carbocycles. The molecular weight excluding hydrogens is 438 g/mol. The SMILES string of the molecule is Cc1ccccc1N(CC(=O)N/N=C/c1cccc(Oc2ccccc2)c1)C(=O)c1ccccc1. The Hall–Kier alpha value is -4.71. The Morgan fingerprint density at radius 3 is 2.23 bits per heavy atom. The van der Waals surface area contributed by atoms with E-state index in [1.54, 1.807) is 24.3 Å². The van der Waals surface area contributed by atoms with Crippen molar-refractivity contribution in [1.82, 2.24) is 5.43 Å². The molecule has 0 aliphatic rings. The first kappa shape index (κ1) is 23.4. The van der Waals surface area contributed by atoms with E-state index < -0.39 is 5.91 Å². The molecule has 2 amide bonds. The van der Waals surface area contributed by atoms with Gasteiger partial charge >= 0.3 is 0 Å². The van der Waals surface area contributed by atoms with Gasteiger partial charge in [-0.15, -0.1) is 0 Å². The minimum atomic E-state index is -0.412. The van der Waals surface area contributed by atoms with Crippen molar-refractivity contribution in [3.63, 3.8) is 0 Å². The first-order chi connectivity index (χ1) is 17.1. The van der Waals surface area contributed by atoms with Gasteiger partial charge in [-0.25, -0.2) is 5.43 Å². The number of hydrogen-bond donors (Lipinski definition) is 1. The number of hydrazone groups is 1. The van der Waals surface area contributed by atoms with Gasteiger partial charge in [0.05, 0.1) is 6.21 Å². The number of nitrogens with one attached hydrogen (secondary N) is 1. The molecule has 4 aromatic rings. The zero-order valence-corrected chi connectivity index (χ0v) is 19.3. The smallest absolute Gasteiger partial charge is 0.260 e. The van der Waals surface area contributed by atoms with Crippen LogP contribution in [0.3, 0.4) is 0 Å². The molecule has 0 radical (unpaired) electrons. The molecule has 0 fully saturated rings. The van der Waals surface area contributed by atoms with Crippen molar-refractivity contribution in [3.05, 3.63) is 126 Å². The summed E-state index contributed by atoms with van der Waals surface area (Å²) in [4.78, 5) is 27.4. The highest BCUT2D eigenvalue weighted by atomic mass is 16.5. The minimum absolute atomic E-state index is 0.174. The fourth-order valence-corrected chi connectivity index (χ4v) is 3.51. The normalized spacial score (nSPS) is 10.7. The monoisotopic (exact) mass is 463 g/mol. The van der Waals surface area contributed by atoms with Gasteiger partial charge in [-0.3, -0.25) is 14.5 Å². The van der Waals surface area contributed by atoms with E-state index in [0.717, 1.165) is 16.9 Å². The molecule has 1 N–H and O–H groups in total. The van der Waals surface area contributed by atoms with E-state index >= 15 is 0 Å². The lowest BCUT2D eigenvalue weighted by molar-refractivity contribution is -0.119. The van der Waals surface area contributed by atoms with Crippen LogP contribution in [0.4, 0.5) is 5.69 Å². The predicted molar refractivity (Wildman–Crippen MR) is 138 cm³/mol. The van der Waals surface area contributed by atoms with Gasteiger partial charge in [-0.05, 0) is 60.5 Å². The number of carbonyl (C=O) groups is 2. The maximum Gasteiger partial charge on any atom is 0.260 e. The number of benzene rings is 4. The number of carbonyl (C=O) groups excluding carboxylic acids is 2. The number of rotatable bonds is 8. The van der Waals surface area contributed by atoms with Crippen molar-refractivity contribution >= 4 is 23.7 Å². The van der Waals surface area contributed by atoms with Crippen molar-refractivity contribution in [2.24, 2.45) is 5.10 Å². The number of anilines is 1. The van der Waals surface area contributed by atoms with Gasteiger partial charge in [0, 0.05) is 11.3 Å². The Kier molecular flexibility index (Phi) is 7.66. The van der Waals surface area contributed by atoms with Crippen molar-refractivity contribution < 1.29 is 14.3 Å². The number of amides is 2. The molecule has 0 spiro atoms. The first-order valence-electron chi connectivity index (χ1n) is 11.2. The molecule has 0 saturated heterocycles. The van der Waals surface area contributed by atoms with Crippen LogP contribution >= 0.6 is 0 Å². The van der Waals surface area contributed by atoms with Crippen LogP contribution in [0.5, 0.6) is 11.5 Å². The number of aryl methyl sites for hydroxylation is 1. The van der Waals surface area contributed by atoms with Crippen molar-refractivity contribution in [2.45, 2.75) is 6.92 Å². The number of nitrogens with zero attached hydrogens (tertiary/aromatic N) is 2. The Bertz CT molecular complexity index is 1320. The number of para-hydroxylation sites is 2. The van der Waals surface area contributed by atoms with Crippen molar-refractivity contribution in [2.75, 3.05) is 11.4 Å². The molecule has 4 rings (SSSR count). The second-order valence-electron chi connectivity index (χ2n) is 7.82. The zero-order chi connectivity index (χ0) is 24.5. The molecular formula is C29H25N3O3. The highest BCUT2D eigenvalue weighted by molar-refractivity contribution is 6.09. The van der Waals surface area contributed by atoms with Crippen LogP contribution in [0.15, 0.2) is 114 Å². The Balaban J connectivity index is 1.44. The third-order valence-electron chi connectivity index (χ3n) is 5.21. The molecule has 0 aliphatic carbocycles. The molecule has 0 aromatic heterocycles. The Morgan fingerprint density at radius 2 is 1.49 bits per heavy atom. The molecule has 0 saturated carbocycles. The highest BCUT2D eigenvalue weighted by Gasteiger charge is 2.21. The maximum absolute atomic E-state index is 13.2. The first-order valence-corrected chi connectivity index (χ1v) is 11.2. The number of hydrogen-bond acceptors (Lipinski definition) is 4. The summed E-state index contributed by atoms with van der Waals surface area (Å²) >= 11 is 0. The van der Waals surface area contributed by atoms with E-state index in [-0.39, 0.29) is 12.5 Å². The van der Waals surface area contributed by atoms with Gasteiger partial charge in [-0.1, -0.05) is 66.7 Å². The summed E-state index contributed by atoms with van der Waals surface area (Å²) in [5.41, 5.74) is 5.35. The van der Waals surface area contributed by atoms with Crippen molar-refractivity contribution in [1.29, 1.82) is 0 Å². The molecule has 6 nitrogen and oxygen atoms in total. The molecule has 0 atom stereocenters. The van der Waals surface area contributed by atoms with Crippen LogP contribution in [0.25, 0.3) is 0 Å². The quantitative estimate of drug-likeness (QED) is 0.274. The van der Waals surface area contributed by atoms with Crippen molar-refractivity contribution in [3.8, 4) is 11.5 Å². The average Bonchev–Trinajstić information content (AvgIpc) is 2.89. The second kappa shape index (κ2) is 11.4. The Labute approximate surface area is 204 Å². The van der Waals surface area contributed by atoms with Gasteiger partial charge in [0.1, 0.15) is 18.0 Å². The lowest BCUT2D eigenvalue weighted by atomic mass is 10.1. The molecule has 0 heterocycles. The molecule has 6 heteroatoms. The molecule has 0 bridgehead atoms. The largest absolute Gasteiger partial charge is 0.457 e. The third-order valence-corrected chi connectivity index (χ3v) is 5.21. The van der Waals surface area contributed by atoms with Crippen LogP contribution in [0, 0.1) is 6.92 Å². The zero-order valence-electron chi connectivity index (χ0n) is 19.3. The average molecular weight is 464 g/mol. The summed E-state index contributed by atoms with van der Waals surface area (Å²) in [5.74, 6) is 0.718. The van der Waals surface area contributed by atoms with Crippen LogP contribution in [0.2, 0.25) is 0 Å². The maximum atomic E-state index is 13.2. The fourth-order valence-electron chi connectivity index (χ4n) is 3.51. The van der Waals surface area contributed by atoms with E-state index in [1.165, 1.54) is 11.1 Å². The number of ether oxygens (including phenoxy) is 1. The minimum Gasteiger partial charge on any atom is -0.457 e. The highest BCUT2D eigenvalue weighted by Crippen LogP contribution is 2.22. The summed E-state index contributed by atoms with van der Waals surface area (Å²) < 4.78 is 5.83. The van der Waals surface area contributed by atoms with Crippen LogP contribution in [-0.2, 0) is 4.79 Å². The van der Waals surface area contributed by atoms with Crippen LogP contribution < -0.4 is 15.1 Å². The van der Waals surface area contributed by atoms with Gasteiger partial charge in [-0.2, -0.15) is 5.10 Å². The third kappa shape index (κ3) is 6.42. The lowest BCUT2D eigenvalue weighted by Gasteiger charge is -2.23. The van der Waals surface area contributed by atoms with E-state index in [2.05, 4.69) is 10.5 Å². The predicted octanol–water partition coefficient (Wildman–Crippen LogP) is 5.58. The van der Waals surface area contributed by atoms with Crippen LogP contribution in [-0.4, -0.2) is 24.6 Å². The summed E-state index contributed by atoms with van der Waals surface area (Å²) in [7, 11) is 0. The topological polar surface area (TPSA) is 71.0 Å². The summed E-state index contributed by atoms with van der Waals surface area (Å²) in [6.07, 6.45) is 1.53. The molecule has 35 heavy (non-hydrogen) atoms. The van der Waals surface area contributed by atoms with E-state index in [1.807, 2.05) is 91.9 Å². The van der Waals surface area contributed by atoms with E-state index in [0.29, 0.717) is 17.0 Å². The van der Waals surface area contributed by atoms with Gasteiger partial charge in [0.25, 0.3) is 11.8 Å². The molecule has 0 unspecified atom stereocenters. The lowest BCUT2D eigenvalue weighted by Crippen LogP contribution is -2.40. The summed E-state index contributed by atoms with van der Waals surface area (Å²) in [6.45, 7) is 1.73. The van der Waals surface area contributed by atoms with Crippen LogP contribution in [0.1, 0.15) is 21.5 Å². The molecule has 174 valence electrons. The Morgan fingerprint density at radius 1 is 0.829 bits per heavy atom. The molecule has 0 aliphatic heterocycles. The van der Waals surface area contributed by atoms with Gasteiger partial charge in [0.15, 0.2) is 0 Å². The second-order valence-corrected chi connectivity index (χ2v) is 7.82.